The third-order valence-electron chi connectivity index (χ3n) is 5.27. The average Bonchev–Trinajstić information content (AvgIpc) is 2.87. The van der Waals surface area contributed by atoms with Crippen LogP contribution in [0.25, 0.3) is 11.0 Å². The van der Waals surface area contributed by atoms with Crippen molar-refractivity contribution in [2.24, 2.45) is 5.92 Å². The molecule has 24 heavy (non-hydrogen) atoms. The van der Waals surface area contributed by atoms with Gasteiger partial charge in [-0.05, 0) is 63.2 Å². The lowest BCUT2D eigenvalue weighted by Gasteiger charge is -2.31. The second-order valence-electron chi connectivity index (χ2n) is 6.60. The monoisotopic (exact) mass is 328 g/mol. The summed E-state index contributed by atoms with van der Waals surface area (Å²) in [5, 5.41) is 10.3. The van der Waals surface area contributed by atoms with Crippen molar-refractivity contribution in [2.75, 3.05) is 7.11 Å². The van der Waals surface area contributed by atoms with Crippen LogP contribution >= 0.6 is 0 Å². The van der Waals surface area contributed by atoms with Crippen molar-refractivity contribution < 1.29 is 14.6 Å². The lowest BCUT2D eigenvalue weighted by Crippen LogP contribution is -2.21. The summed E-state index contributed by atoms with van der Waals surface area (Å²) >= 11 is 0. The van der Waals surface area contributed by atoms with E-state index in [2.05, 4.69) is 16.5 Å². The largest absolute Gasteiger partial charge is 0.504 e. The molecule has 0 spiro atoms. The van der Waals surface area contributed by atoms with Gasteiger partial charge in [0.15, 0.2) is 0 Å². The average molecular weight is 328 g/mol. The van der Waals surface area contributed by atoms with Gasteiger partial charge in [0.2, 0.25) is 0 Å². The van der Waals surface area contributed by atoms with Crippen molar-refractivity contribution in [1.82, 2.24) is 9.55 Å². The molecule has 1 aliphatic carbocycles. The lowest BCUT2D eigenvalue weighted by molar-refractivity contribution is 0.0697. The van der Waals surface area contributed by atoms with E-state index in [1.807, 2.05) is 19.3 Å². The Labute approximate surface area is 142 Å². The third kappa shape index (κ3) is 2.79. The maximum atomic E-state index is 11.7. The van der Waals surface area contributed by atoms with Gasteiger partial charge in [-0.25, -0.2) is 9.78 Å². The van der Waals surface area contributed by atoms with E-state index >= 15 is 0 Å². The van der Waals surface area contributed by atoms with Crippen molar-refractivity contribution in [2.45, 2.75) is 45.6 Å². The second kappa shape index (κ2) is 6.67. The number of aromatic nitrogens is 2. The SMILES string of the molecule is COC=C1CCC(C(C)n2c(C)c(C(=O)O)c3cccnc32)CC1. The summed E-state index contributed by atoms with van der Waals surface area (Å²) < 4.78 is 7.25. The number of carboxylic acid groups (broad SMARTS) is 1. The zero-order chi connectivity index (χ0) is 17.3. The van der Waals surface area contributed by atoms with Crippen LogP contribution < -0.4 is 0 Å². The smallest absolute Gasteiger partial charge is 0.338 e. The van der Waals surface area contributed by atoms with Crippen LogP contribution in [0.5, 0.6) is 0 Å². The van der Waals surface area contributed by atoms with E-state index in [0.29, 0.717) is 11.5 Å². The molecule has 1 saturated carbocycles. The molecule has 1 fully saturated rings. The van der Waals surface area contributed by atoms with Crippen LogP contribution in [-0.2, 0) is 4.74 Å². The number of allylic oxidation sites excluding steroid dienone is 1. The second-order valence-corrected chi connectivity index (χ2v) is 6.60. The molecule has 2 heterocycles. The fraction of sp³-hybridized carbons (Fsp3) is 0.474. The molecule has 5 nitrogen and oxygen atoms in total. The highest BCUT2D eigenvalue weighted by atomic mass is 16.5. The molecule has 1 N–H and O–H groups in total. The number of hydrogen-bond acceptors (Lipinski definition) is 3. The first-order valence-corrected chi connectivity index (χ1v) is 8.44. The summed E-state index contributed by atoms with van der Waals surface area (Å²) in [6.07, 6.45) is 7.86. The van der Waals surface area contributed by atoms with Crippen molar-refractivity contribution in [1.29, 1.82) is 0 Å². The Bertz CT molecular complexity index is 781. The Balaban J connectivity index is 1.96. The van der Waals surface area contributed by atoms with E-state index in [1.165, 1.54) is 5.57 Å². The van der Waals surface area contributed by atoms with Gasteiger partial charge in [-0.15, -0.1) is 0 Å². The van der Waals surface area contributed by atoms with E-state index in [9.17, 15) is 9.90 Å². The minimum atomic E-state index is -0.884. The van der Waals surface area contributed by atoms with Crippen LogP contribution in [-0.4, -0.2) is 27.7 Å². The number of nitrogens with zero attached hydrogens (tertiary/aromatic N) is 2. The van der Waals surface area contributed by atoms with Gasteiger partial charge in [-0.1, -0.05) is 0 Å². The van der Waals surface area contributed by atoms with Crippen molar-refractivity contribution in [3.05, 3.63) is 41.4 Å². The van der Waals surface area contributed by atoms with Crippen LogP contribution in [0, 0.1) is 12.8 Å². The Morgan fingerprint density at radius 3 is 2.79 bits per heavy atom. The summed E-state index contributed by atoms with van der Waals surface area (Å²) in [7, 11) is 1.69. The molecule has 1 aliphatic rings. The molecule has 1 unspecified atom stereocenters. The molecule has 2 aromatic heterocycles. The Morgan fingerprint density at radius 1 is 1.46 bits per heavy atom. The number of methoxy groups -OCH3 is 1. The minimum absolute atomic E-state index is 0.222. The molecule has 5 heteroatoms. The first-order valence-electron chi connectivity index (χ1n) is 8.44. The third-order valence-corrected chi connectivity index (χ3v) is 5.27. The summed E-state index contributed by atoms with van der Waals surface area (Å²) in [4.78, 5) is 16.2. The van der Waals surface area contributed by atoms with E-state index < -0.39 is 5.97 Å². The van der Waals surface area contributed by atoms with Crippen LogP contribution in [0.15, 0.2) is 30.2 Å². The Kier molecular flexibility index (Phi) is 4.60. The predicted molar refractivity (Wildman–Crippen MR) is 93.2 cm³/mol. The molecule has 128 valence electrons. The molecule has 0 saturated heterocycles. The maximum absolute atomic E-state index is 11.7. The van der Waals surface area contributed by atoms with E-state index in [-0.39, 0.29) is 6.04 Å². The number of rotatable bonds is 4. The van der Waals surface area contributed by atoms with Gasteiger partial charge in [0.1, 0.15) is 5.65 Å². The fourth-order valence-electron chi connectivity index (χ4n) is 4.02. The van der Waals surface area contributed by atoms with Gasteiger partial charge in [0.05, 0.1) is 18.9 Å². The summed E-state index contributed by atoms with van der Waals surface area (Å²) in [6, 6.07) is 3.87. The van der Waals surface area contributed by atoms with Crippen molar-refractivity contribution >= 4 is 17.0 Å². The van der Waals surface area contributed by atoms with Crippen molar-refractivity contribution in [3.63, 3.8) is 0 Å². The van der Waals surface area contributed by atoms with Gasteiger partial charge in [0, 0.05) is 23.3 Å². The number of ether oxygens (including phenoxy) is 1. The maximum Gasteiger partial charge on any atom is 0.338 e. The Hall–Kier alpha value is -2.30. The first-order chi connectivity index (χ1) is 11.5. The van der Waals surface area contributed by atoms with Gasteiger partial charge in [-0.3, -0.25) is 0 Å². The normalized spacial score (nSPS) is 19.3. The summed E-state index contributed by atoms with van der Waals surface area (Å²) in [6.45, 7) is 4.07. The molecule has 0 aliphatic heterocycles. The van der Waals surface area contributed by atoms with E-state index in [0.717, 1.165) is 42.4 Å². The van der Waals surface area contributed by atoms with E-state index in [4.69, 9.17) is 4.74 Å². The molecule has 0 bridgehead atoms. The number of pyridine rings is 1. The Morgan fingerprint density at radius 2 is 2.17 bits per heavy atom. The zero-order valence-electron chi connectivity index (χ0n) is 14.5. The van der Waals surface area contributed by atoms with Crippen LogP contribution in [0.3, 0.4) is 0 Å². The lowest BCUT2D eigenvalue weighted by atomic mass is 9.82. The molecule has 2 aromatic rings. The highest BCUT2D eigenvalue weighted by Gasteiger charge is 2.28. The molecule has 0 amide bonds. The number of carboxylic acids is 1. The molecular formula is C19H24N2O3. The minimum Gasteiger partial charge on any atom is -0.504 e. The number of carbonyl (C=O) groups is 1. The highest BCUT2D eigenvalue weighted by molar-refractivity contribution is 6.04. The van der Waals surface area contributed by atoms with E-state index in [1.54, 1.807) is 19.4 Å². The molecule has 3 rings (SSSR count). The predicted octanol–water partition coefficient (Wildman–Crippen LogP) is 4.32. The van der Waals surface area contributed by atoms with Crippen LogP contribution in [0.1, 0.15) is 54.7 Å². The number of aromatic carboxylic acids is 1. The first kappa shape index (κ1) is 16.6. The summed E-state index contributed by atoms with van der Waals surface area (Å²) in [5.74, 6) is -0.373. The van der Waals surface area contributed by atoms with Gasteiger partial charge >= 0.3 is 5.97 Å². The molecule has 1 atom stereocenters. The molecule has 0 radical (unpaired) electrons. The van der Waals surface area contributed by atoms with Gasteiger partial charge in [0.25, 0.3) is 0 Å². The standard InChI is InChI=1S/C19H24N2O3/c1-12(15-8-6-14(7-9-15)11-24-3)21-13(2)17(19(22)23)16-5-4-10-20-18(16)21/h4-5,10-12,15H,6-9H2,1-3H3,(H,22,23). The fourth-order valence-corrected chi connectivity index (χ4v) is 4.02. The quantitative estimate of drug-likeness (QED) is 0.849. The molecular weight excluding hydrogens is 304 g/mol. The highest BCUT2D eigenvalue weighted by Crippen LogP contribution is 2.38. The number of hydrogen-bond donors (Lipinski definition) is 1. The van der Waals surface area contributed by atoms with Crippen molar-refractivity contribution in [3.8, 4) is 0 Å². The topological polar surface area (TPSA) is 64.3 Å². The van der Waals surface area contributed by atoms with Crippen LogP contribution in [0.4, 0.5) is 0 Å². The van der Waals surface area contributed by atoms with Crippen LogP contribution in [0.2, 0.25) is 0 Å². The number of fused-ring (bicyclic) bond motifs is 1. The molecule has 0 aromatic carbocycles. The zero-order valence-corrected chi connectivity index (χ0v) is 14.5. The van der Waals surface area contributed by atoms with Gasteiger partial charge in [-0.2, -0.15) is 0 Å². The van der Waals surface area contributed by atoms with Gasteiger partial charge < -0.3 is 14.4 Å². The summed E-state index contributed by atoms with van der Waals surface area (Å²) in [5.41, 5.74) is 3.31.